The predicted octanol–water partition coefficient (Wildman–Crippen LogP) is 3.89. The molecule has 3 aromatic carbocycles. The van der Waals surface area contributed by atoms with Crippen LogP contribution in [0.2, 0.25) is 0 Å². The molecule has 1 atom stereocenters. The minimum Gasteiger partial charge on any atom is -0.370 e. The number of amides is 2. The smallest absolute Gasteiger partial charge is 0.275 e. The van der Waals surface area contributed by atoms with Crippen molar-refractivity contribution in [3.63, 3.8) is 0 Å². The first kappa shape index (κ1) is 35.6. The van der Waals surface area contributed by atoms with Crippen LogP contribution in [0.15, 0.2) is 78.9 Å². The van der Waals surface area contributed by atoms with Crippen LogP contribution in [-0.4, -0.2) is 95.7 Å². The van der Waals surface area contributed by atoms with Gasteiger partial charge in [-0.3, -0.25) is 29.8 Å². The van der Waals surface area contributed by atoms with E-state index in [1.54, 1.807) is 24.3 Å². The molecule has 0 radical (unpaired) electrons. The van der Waals surface area contributed by atoms with Crippen LogP contribution in [0.3, 0.4) is 0 Å². The number of nitro groups is 2. The quantitative estimate of drug-likeness (QED) is 0.141. The Morgan fingerprint density at radius 1 is 0.714 bits per heavy atom. The summed E-state index contributed by atoms with van der Waals surface area (Å²) in [5.41, 5.74) is 2.94. The molecule has 2 saturated heterocycles. The van der Waals surface area contributed by atoms with Gasteiger partial charge in [-0.2, -0.15) is 0 Å². The number of piperidine rings is 1. The predicted molar refractivity (Wildman–Crippen MR) is 183 cm³/mol. The van der Waals surface area contributed by atoms with Crippen molar-refractivity contribution < 1.29 is 33.1 Å². The lowest BCUT2D eigenvalue weighted by Gasteiger charge is -2.41. The average Bonchev–Trinajstić information content (AvgIpc) is 3.09. The van der Waals surface area contributed by atoms with E-state index < -0.39 is 15.9 Å². The molecule has 260 valence electrons. The Morgan fingerprint density at radius 2 is 1.27 bits per heavy atom. The minimum atomic E-state index is -0.771. The number of quaternary nitrogens is 2. The monoisotopic (exact) mass is 674 g/mol. The molecule has 2 aliphatic heterocycles. The van der Waals surface area contributed by atoms with Crippen LogP contribution < -0.4 is 10.6 Å². The van der Waals surface area contributed by atoms with E-state index in [9.17, 15) is 29.8 Å². The van der Waals surface area contributed by atoms with Gasteiger partial charge in [-0.1, -0.05) is 30.3 Å². The summed E-state index contributed by atoms with van der Waals surface area (Å²) in [6, 6.07) is 22.0. The lowest BCUT2D eigenvalue weighted by atomic mass is 10.0. The van der Waals surface area contributed by atoms with E-state index >= 15 is 0 Å². The van der Waals surface area contributed by atoms with Crippen molar-refractivity contribution in [3.05, 3.63) is 116 Å². The molecule has 2 heterocycles. The van der Waals surface area contributed by atoms with Gasteiger partial charge >= 0.3 is 0 Å². The number of ether oxygens (including phenoxy) is 1. The second-order valence-electron chi connectivity index (χ2n) is 13.4. The Balaban J connectivity index is 1.25. The zero-order valence-electron chi connectivity index (χ0n) is 27.8. The summed E-state index contributed by atoms with van der Waals surface area (Å²) >= 11 is 0. The normalized spacial score (nSPS) is 17.4. The number of benzene rings is 3. The fourth-order valence-corrected chi connectivity index (χ4v) is 7.11. The fraction of sp³-hybridized carbons (Fsp3) is 0.444. The summed E-state index contributed by atoms with van der Waals surface area (Å²) in [6.07, 6.45) is 3.41. The van der Waals surface area contributed by atoms with Crippen molar-refractivity contribution in [1.82, 2.24) is 10.6 Å². The number of non-ortho nitro benzene ring substituents is 2. The van der Waals surface area contributed by atoms with Gasteiger partial charge in [0.2, 0.25) is 5.91 Å². The summed E-state index contributed by atoms with van der Waals surface area (Å²) in [7, 11) is 0. The number of nitrogens with one attached hydrogen (secondary N) is 2. The van der Waals surface area contributed by atoms with Gasteiger partial charge in [0.25, 0.3) is 17.3 Å². The van der Waals surface area contributed by atoms with E-state index in [0.29, 0.717) is 54.8 Å². The van der Waals surface area contributed by atoms with E-state index in [1.807, 2.05) is 30.3 Å². The van der Waals surface area contributed by atoms with Crippen LogP contribution in [-0.2, 0) is 33.8 Å². The standard InChI is InChI=1S/C36H44N6O7/c43-35(28-42(18-5-2-6-19-42)27-31-11-15-33(16-12-31)40(47)48)38-34(25-29-7-3-1-4-8-29)36(44)37-17-20-41(21-23-49-24-22-41)26-30-9-13-32(14-10-30)39(45)46/h1,3-4,7-16,34H,2,5-6,17-28H2/p+2. The number of morpholine rings is 1. The summed E-state index contributed by atoms with van der Waals surface area (Å²) in [5.74, 6) is -0.450. The zero-order valence-corrected chi connectivity index (χ0v) is 27.8. The summed E-state index contributed by atoms with van der Waals surface area (Å²) in [6.45, 7) is 6.83. The molecule has 0 saturated carbocycles. The van der Waals surface area contributed by atoms with Crippen LogP contribution in [0.25, 0.3) is 0 Å². The van der Waals surface area contributed by atoms with Gasteiger partial charge < -0.3 is 24.3 Å². The van der Waals surface area contributed by atoms with Crippen LogP contribution in [0.5, 0.6) is 0 Å². The highest BCUT2D eigenvalue weighted by atomic mass is 16.6. The Bertz CT molecular complexity index is 1570. The second kappa shape index (κ2) is 16.6. The molecule has 2 aliphatic rings. The van der Waals surface area contributed by atoms with Gasteiger partial charge in [-0.05, 0) is 49.1 Å². The first-order valence-corrected chi connectivity index (χ1v) is 17.0. The number of hydrogen-bond donors (Lipinski definition) is 2. The third-order valence-corrected chi connectivity index (χ3v) is 9.81. The van der Waals surface area contributed by atoms with E-state index in [2.05, 4.69) is 10.6 Å². The molecule has 0 bridgehead atoms. The highest BCUT2D eigenvalue weighted by Crippen LogP contribution is 2.24. The number of carbonyl (C=O) groups is 2. The van der Waals surface area contributed by atoms with Crippen molar-refractivity contribution in [2.75, 3.05) is 59.0 Å². The van der Waals surface area contributed by atoms with E-state index in [4.69, 9.17) is 4.74 Å². The summed E-state index contributed by atoms with van der Waals surface area (Å²) in [5, 5.41) is 28.4. The molecule has 2 fully saturated rings. The lowest BCUT2D eigenvalue weighted by Crippen LogP contribution is -2.59. The third-order valence-electron chi connectivity index (χ3n) is 9.81. The Kier molecular flexibility index (Phi) is 12.1. The Morgan fingerprint density at radius 3 is 1.82 bits per heavy atom. The Hall–Kier alpha value is -4.72. The topological polar surface area (TPSA) is 154 Å². The molecule has 0 aliphatic carbocycles. The van der Waals surface area contributed by atoms with Crippen molar-refractivity contribution in [1.29, 1.82) is 0 Å². The largest absolute Gasteiger partial charge is 0.370 e. The molecule has 0 spiro atoms. The second-order valence-corrected chi connectivity index (χ2v) is 13.4. The van der Waals surface area contributed by atoms with Gasteiger partial charge in [0, 0.05) is 41.8 Å². The number of nitrogens with zero attached hydrogens (tertiary/aromatic N) is 4. The van der Waals surface area contributed by atoms with Crippen LogP contribution >= 0.6 is 0 Å². The molecule has 13 heteroatoms. The number of carbonyl (C=O) groups excluding carboxylic acids is 2. The highest BCUT2D eigenvalue weighted by molar-refractivity contribution is 5.88. The van der Waals surface area contributed by atoms with Crippen molar-refractivity contribution in [2.45, 2.75) is 44.8 Å². The third kappa shape index (κ3) is 10.1. The molecule has 0 aromatic heterocycles. The van der Waals surface area contributed by atoms with E-state index in [-0.39, 0.29) is 29.7 Å². The molecule has 3 aromatic rings. The summed E-state index contributed by atoms with van der Waals surface area (Å²) < 4.78 is 6.86. The van der Waals surface area contributed by atoms with Gasteiger partial charge in [-0.25, -0.2) is 0 Å². The first-order valence-electron chi connectivity index (χ1n) is 17.0. The number of likely N-dealkylation sites (tertiary alicyclic amines) is 1. The molecular formula is C36H46N6O7+2. The highest BCUT2D eigenvalue weighted by Gasteiger charge is 2.35. The molecule has 5 rings (SSSR count). The Labute approximate surface area is 286 Å². The number of nitro benzene ring substituents is 2. The van der Waals surface area contributed by atoms with Crippen molar-refractivity contribution in [3.8, 4) is 0 Å². The molecule has 2 amide bonds. The average molecular weight is 675 g/mol. The number of rotatable bonds is 15. The van der Waals surface area contributed by atoms with Crippen molar-refractivity contribution in [2.24, 2.45) is 0 Å². The van der Waals surface area contributed by atoms with Gasteiger partial charge in [0.15, 0.2) is 6.54 Å². The van der Waals surface area contributed by atoms with E-state index in [1.165, 1.54) is 24.3 Å². The van der Waals surface area contributed by atoms with Crippen LogP contribution in [0.4, 0.5) is 11.4 Å². The lowest BCUT2D eigenvalue weighted by molar-refractivity contribution is -0.946. The maximum Gasteiger partial charge on any atom is 0.275 e. The molecule has 49 heavy (non-hydrogen) atoms. The SMILES string of the molecule is O=C(C[N+]1(Cc2ccc([N+](=O)[O-])cc2)CCCCC1)NC(Cc1ccccc1)C(=O)NCC[N+]1(Cc2ccc([N+](=O)[O-])cc2)CCOCC1. The molecule has 2 N–H and O–H groups in total. The van der Waals surface area contributed by atoms with E-state index in [0.717, 1.165) is 62.1 Å². The van der Waals surface area contributed by atoms with Gasteiger partial charge in [-0.15, -0.1) is 0 Å². The fourth-order valence-electron chi connectivity index (χ4n) is 7.11. The zero-order chi connectivity index (χ0) is 34.7. The summed E-state index contributed by atoms with van der Waals surface area (Å²) in [4.78, 5) is 49.0. The maximum atomic E-state index is 13.8. The minimum absolute atomic E-state index is 0.0364. The first-order chi connectivity index (χ1) is 23.6. The molecular weight excluding hydrogens is 628 g/mol. The number of hydrogen-bond acceptors (Lipinski definition) is 7. The van der Waals surface area contributed by atoms with Crippen LogP contribution in [0.1, 0.15) is 36.0 Å². The molecule has 13 nitrogen and oxygen atoms in total. The van der Waals surface area contributed by atoms with Gasteiger partial charge in [0.05, 0.1) is 49.2 Å². The maximum absolute atomic E-state index is 13.8. The molecule has 1 unspecified atom stereocenters. The van der Waals surface area contributed by atoms with Crippen LogP contribution in [0, 0.1) is 20.2 Å². The van der Waals surface area contributed by atoms with Gasteiger partial charge in [0.1, 0.15) is 32.2 Å². The van der Waals surface area contributed by atoms with Crippen molar-refractivity contribution >= 4 is 23.2 Å².